The first-order valence-corrected chi connectivity index (χ1v) is 18.0. The van der Waals surface area contributed by atoms with Crippen LogP contribution in [0, 0.1) is 11.8 Å². The van der Waals surface area contributed by atoms with Crippen LogP contribution in [0.3, 0.4) is 0 Å². The van der Waals surface area contributed by atoms with Crippen molar-refractivity contribution in [1.29, 1.82) is 0 Å². The van der Waals surface area contributed by atoms with Gasteiger partial charge in [0.2, 0.25) is 0 Å². The van der Waals surface area contributed by atoms with Gasteiger partial charge in [0.15, 0.2) is 0 Å². The molecule has 3 N–H and O–H groups in total. The summed E-state index contributed by atoms with van der Waals surface area (Å²) in [5.74, 6) is -4.91. The quantitative estimate of drug-likeness (QED) is 0.191. The molecule has 55 heavy (non-hydrogen) atoms. The maximum absolute atomic E-state index is 13.9. The Bertz CT molecular complexity index is 1920. The fraction of sp³-hybridized carbons (Fsp3) is 0.429. The van der Waals surface area contributed by atoms with Crippen LogP contribution in [0.5, 0.6) is 0 Å². The van der Waals surface area contributed by atoms with E-state index in [9.17, 15) is 29.4 Å². The first kappa shape index (κ1) is 39.5. The van der Waals surface area contributed by atoms with E-state index in [2.05, 4.69) is 31.6 Å². The van der Waals surface area contributed by atoms with Crippen LogP contribution in [0.1, 0.15) is 83.3 Å². The fourth-order valence-corrected chi connectivity index (χ4v) is 8.15. The molecule has 0 aliphatic carbocycles. The van der Waals surface area contributed by atoms with Crippen molar-refractivity contribution in [2.45, 2.75) is 88.9 Å². The molecule has 0 aromatic carbocycles. The summed E-state index contributed by atoms with van der Waals surface area (Å²) in [6, 6.07) is 0.490. The van der Waals surface area contributed by atoms with Gasteiger partial charge in [0, 0.05) is 24.7 Å². The van der Waals surface area contributed by atoms with E-state index < -0.39 is 84.0 Å². The Balaban J connectivity index is 1.53. The third-order valence-electron chi connectivity index (χ3n) is 11.1. The summed E-state index contributed by atoms with van der Waals surface area (Å²) in [4.78, 5) is 53.8. The number of hydrogen-bond acceptors (Lipinski definition) is 13. The van der Waals surface area contributed by atoms with Crippen molar-refractivity contribution in [1.82, 2.24) is 5.32 Å². The first-order valence-electron chi connectivity index (χ1n) is 18.0. The van der Waals surface area contributed by atoms with Crippen LogP contribution in [-0.4, -0.2) is 84.8 Å². The number of carbonyl (C=O) groups excluding carboxylic acids is 4. The summed E-state index contributed by atoms with van der Waals surface area (Å²) in [7, 11) is 2.49. The normalized spacial score (nSPS) is 30.0. The molecular formula is C42H47NO12. The molecule has 0 amide bonds. The van der Waals surface area contributed by atoms with Crippen LogP contribution in [0.15, 0.2) is 92.9 Å². The van der Waals surface area contributed by atoms with E-state index in [1.54, 1.807) is 39.8 Å². The van der Waals surface area contributed by atoms with Crippen molar-refractivity contribution in [2.24, 2.45) is 11.8 Å². The number of rotatable bonds is 8. The molecule has 0 radical (unpaired) electrons. The second kappa shape index (κ2) is 15.1. The molecule has 0 spiro atoms. The Kier molecular flexibility index (Phi) is 10.8. The molecule has 0 saturated carbocycles. The minimum absolute atomic E-state index is 0.0271. The molecule has 13 nitrogen and oxygen atoms in total. The lowest BCUT2D eigenvalue weighted by Crippen LogP contribution is -2.56. The number of methoxy groups -OCH3 is 2. The van der Waals surface area contributed by atoms with Gasteiger partial charge in [-0.25, -0.2) is 19.2 Å². The number of ether oxygens (including phenoxy) is 4. The molecule has 4 aliphatic heterocycles. The molecule has 8 bridgehead atoms. The van der Waals surface area contributed by atoms with Gasteiger partial charge in [-0.2, -0.15) is 0 Å². The van der Waals surface area contributed by atoms with Gasteiger partial charge in [-0.3, -0.25) is 5.32 Å². The van der Waals surface area contributed by atoms with E-state index in [4.69, 9.17) is 27.8 Å². The summed E-state index contributed by atoms with van der Waals surface area (Å²) in [6.45, 7) is 23.3. The van der Waals surface area contributed by atoms with Gasteiger partial charge in [-0.1, -0.05) is 48.6 Å². The first-order chi connectivity index (χ1) is 26.0. The van der Waals surface area contributed by atoms with Crippen molar-refractivity contribution in [3.05, 3.63) is 118 Å². The lowest BCUT2D eigenvalue weighted by atomic mass is 9.80. The zero-order valence-corrected chi connectivity index (χ0v) is 31.8. The zero-order valence-electron chi connectivity index (χ0n) is 31.8. The number of carbonyl (C=O) groups is 4. The average Bonchev–Trinajstić information content (AvgIpc) is 3.90. The van der Waals surface area contributed by atoms with E-state index in [0.717, 1.165) is 0 Å². The monoisotopic (exact) mass is 757 g/mol. The lowest BCUT2D eigenvalue weighted by Gasteiger charge is -2.37. The Morgan fingerprint density at radius 3 is 1.35 bits per heavy atom. The lowest BCUT2D eigenvalue weighted by molar-refractivity contribution is -0.141. The molecule has 2 aromatic heterocycles. The van der Waals surface area contributed by atoms with Crippen molar-refractivity contribution >= 4 is 23.9 Å². The van der Waals surface area contributed by atoms with Gasteiger partial charge >= 0.3 is 23.9 Å². The van der Waals surface area contributed by atoms with Crippen molar-refractivity contribution in [3.63, 3.8) is 0 Å². The molecule has 6 heterocycles. The van der Waals surface area contributed by atoms with Gasteiger partial charge in [-0.05, 0) is 52.0 Å². The summed E-state index contributed by atoms with van der Waals surface area (Å²) >= 11 is 0. The van der Waals surface area contributed by atoms with Crippen LogP contribution in [0.25, 0.3) is 0 Å². The van der Waals surface area contributed by atoms with Gasteiger partial charge < -0.3 is 38.0 Å². The van der Waals surface area contributed by atoms with Crippen LogP contribution in [0.4, 0.5) is 0 Å². The molecule has 0 saturated heterocycles. The predicted molar refractivity (Wildman–Crippen MR) is 198 cm³/mol. The zero-order chi connectivity index (χ0) is 40.2. The van der Waals surface area contributed by atoms with E-state index in [0.29, 0.717) is 33.8 Å². The summed E-state index contributed by atoms with van der Waals surface area (Å²) < 4.78 is 34.5. The molecule has 0 fully saturated rings. The molecule has 292 valence electrons. The molecule has 4 aliphatic rings. The Morgan fingerprint density at radius 2 is 1.04 bits per heavy atom. The molecule has 10 atom stereocenters. The molecular weight excluding hydrogens is 710 g/mol. The van der Waals surface area contributed by atoms with Crippen LogP contribution in [-0.2, 0) is 41.4 Å². The van der Waals surface area contributed by atoms with Crippen molar-refractivity contribution in [3.8, 4) is 0 Å². The van der Waals surface area contributed by atoms with Crippen LogP contribution in [0.2, 0.25) is 0 Å². The molecule has 2 unspecified atom stereocenters. The van der Waals surface area contributed by atoms with Crippen molar-refractivity contribution < 1.29 is 57.2 Å². The number of aliphatic hydroxyl groups excluding tert-OH is 2. The molecule has 2 aromatic rings. The Morgan fingerprint density at radius 1 is 0.673 bits per heavy atom. The number of nitrogens with one attached hydrogen (secondary N) is 1. The van der Waals surface area contributed by atoms with E-state index >= 15 is 0 Å². The minimum Gasteiger partial charge on any atom is -0.465 e. The third-order valence-corrected chi connectivity index (χ3v) is 11.1. The highest BCUT2D eigenvalue weighted by molar-refractivity contribution is 5.95. The summed E-state index contributed by atoms with van der Waals surface area (Å²) in [5.41, 5.74) is 2.46. The molecule has 6 rings (SSSR count). The number of esters is 4. The highest BCUT2D eigenvalue weighted by Crippen LogP contribution is 2.42. The topological polar surface area (TPSA) is 184 Å². The largest absolute Gasteiger partial charge is 0.465 e. The highest BCUT2D eigenvalue weighted by atomic mass is 16.6. The van der Waals surface area contributed by atoms with Crippen LogP contribution >= 0.6 is 0 Å². The van der Waals surface area contributed by atoms with Gasteiger partial charge in [0.25, 0.3) is 0 Å². The Labute approximate surface area is 319 Å². The number of aliphatic hydroxyl groups is 2. The SMILES string of the molecule is C=C(C)C1Cc2oc(cc2C(=O)OC)[C@@H](C(=C)C)[C@H]2C=C(C(=O)O2)[C@H](N[C@H]2C3=C[C@@H](OC3=O)[C@H](C(=C)C)c3cc(C(=O)OC)c(o3)CC(C(=C)C)[C@H]2O)[C@@H]1O. The predicted octanol–water partition coefficient (Wildman–Crippen LogP) is 4.71. The maximum atomic E-state index is 13.9. The Hall–Kier alpha value is -5.24. The summed E-state index contributed by atoms with van der Waals surface area (Å²) in [6.07, 6.45) is -1.79. The van der Waals surface area contributed by atoms with E-state index in [1.165, 1.54) is 26.4 Å². The van der Waals surface area contributed by atoms with Gasteiger partial charge in [-0.15, -0.1) is 0 Å². The number of hydrogen-bond donors (Lipinski definition) is 3. The standard InChI is InChI=1S/C42H47NO12/c1-17(2)21-11-27-23(39(46)50-9)13-29(52-27)33(19(5)6)31-15-25(41(48)54-31)35(37(21)44)43-36-26-16-32(55-42(26)49)34(20(7)8)30-14-24(40(47)51-10)28(53-30)12-22(18(3)4)38(36)45/h13-16,21-22,31-38,43-45H,1,3,5,7,11-12H2,2,4,6,8-10H3/t21?,22?,31-,32-,33-,34-,35+,36+,37-,38-/m1/s1. The number of fused-ring (bicyclic) bond motifs is 6. The van der Waals surface area contributed by atoms with Crippen molar-refractivity contribution in [2.75, 3.05) is 14.2 Å². The highest BCUT2D eigenvalue weighted by Gasteiger charge is 2.49. The number of furan rings is 2. The molecule has 13 heteroatoms. The average molecular weight is 758 g/mol. The van der Waals surface area contributed by atoms with Gasteiger partial charge in [0.1, 0.15) is 46.4 Å². The van der Waals surface area contributed by atoms with E-state index in [1.807, 2.05) is 0 Å². The minimum atomic E-state index is -1.47. The smallest absolute Gasteiger partial charge is 0.341 e. The third kappa shape index (κ3) is 7.07. The fourth-order valence-electron chi connectivity index (χ4n) is 8.15. The summed E-state index contributed by atoms with van der Waals surface area (Å²) in [5, 5.41) is 28.1. The van der Waals surface area contributed by atoms with E-state index in [-0.39, 0.29) is 46.6 Å². The maximum Gasteiger partial charge on any atom is 0.341 e. The van der Waals surface area contributed by atoms with Gasteiger partial charge in [0.05, 0.1) is 61.5 Å². The van der Waals surface area contributed by atoms with Crippen LogP contribution < -0.4 is 5.32 Å². The second-order valence-corrected chi connectivity index (χ2v) is 15.0. The second-order valence-electron chi connectivity index (χ2n) is 15.0.